The van der Waals surface area contributed by atoms with Crippen LogP contribution in [0.4, 0.5) is 0 Å². The molecule has 0 unspecified atom stereocenters. The highest BCUT2D eigenvalue weighted by atomic mass is 127. The van der Waals surface area contributed by atoms with Crippen molar-refractivity contribution >= 4 is 35.8 Å². The van der Waals surface area contributed by atoms with Crippen molar-refractivity contribution in [1.82, 2.24) is 15.5 Å². The number of nitrogens with zero attached hydrogens (tertiary/aromatic N) is 3. The van der Waals surface area contributed by atoms with Crippen molar-refractivity contribution < 1.29 is 4.79 Å². The van der Waals surface area contributed by atoms with E-state index in [1.165, 1.54) is 0 Å². The van der Waals surface area contributed by atoms with Gasteiger partial charge in [-0.05, 0) is 35.4 Å². The molecule has 0 aromatic heterocycles. The highest BCUT2D eigenvalue weighted by Crippen LogP contribution is 2.07. The Bertz CT molecular complexity index is 825. The molecule has 0 aliphatic heterocycles. The van der Waals surface area contributed by atoms with Gasteiger partial charge < -0.3 is 15.5 Å². The van der Waals surface area contributed by atoms with Gasteiger partial charge >= 0.3 is 0 Å². The van der Waals surface area contributed by atoms with Crippen molar-refractivity contribution in [2.45, 2.75) is 13.1 Å². The number of nitrogens with one attached hydrogen (secondary N) is 2. The number of carbonyl (C=O) groups excluding carboxylic acids is 1. The highest BCUT2D eigenvalue weighted by molar-refractivity contribution is 14.0. The quantitative estimate of drug-likeness (QED) is 0.395. The summed E-state index contributed by atoms with van der Waals surface area (Å²) >= 11 is 0. The van der Waals surface area contributed by atoms with E-state index in [0.717, 1.165) is 11.1 Å². The number of rotatable bonds is 5. The topological polar surface area (TPSA) is 80.5 Å². The Kier molecular flexibility index (Phi) is 9.30. The van der Waals surface area contributed by atoms with Gasteiger partial charge in [-0.1, -0.05) is 24.3 Å². The summed E-state index contributed by atoms with van der Waals surface area (Å²) in [6, 6.07) is 17.1. The fraction of sp³-hybridized carbons (Fsp3) is 0.250. The third kappa shape index (κ3) is 6.90. The number of carbonyl (C=O) groups is 1. The number of benzene rings is 2. The number of hydrogen-bond acceptors (Lipinski definition) is 3. The summed E-state index contributed by atoms with van der Waals surface area (Å²) < 4.78 is 0. The number of hydrogen-bond donors (Lipinski definition) is 2. The minimum absolute atomic E-state index is 0. The maximum absolute atomic E-state index is 11.9. The molecule has 0 heterocycles. The molecule has 142 valence electrons. The van der Waals surface area contributed by atoms with Crippen LogP contribution in [0.15, 0.2) is 53.5 Å². The number of halogens is 1. The zero-order valence-corrected chi connectivity index (χ0v) is 18.0. The molecule has 2 aromatic rings. The van der Waals surface area contributed by atoms with Gasteiger partial charge in [0.1, 0.15) is 0 Å². The molecule has 2 N–H and O–H groups in total. The van der Waals surface area contributed by atoms with Crippen molar-refractivity contribution in [3.8, 4) is 6.07 Å². The first-order valence-electron chi connectivity index (χ1n) is 8.27. The van der Waals surface area contributed by atoms with Gasteiger partial charge in [0.15, 0.2) is 5.96 Å². The molecule has 0 saturated heterocycles. The summed E-state index contributed by atoms with van der Waals surface area (Å²) in [6.07, 6.45) is 0. The Morgan fingerprint density at radius 2 is 1.70 bits per heavy atom. The van der Waals surface area contributed by atoms with Gasteiger partial charge in [-0.3, -0.25) is 9.79 Å². The van der Waals surface area contributed by atoms with Crippen molar-refractivity contribution in [2.75, 3.05) is 21.1 Å². The molecule has 2 aromatic carbocycles. The van der Waals surface area contributed by atoms with Crippen molar-refractivity contribution in [3.63, 3.8) is 0 Å². The molecule has 0 aliphatic carbocycles. The zero-order valence-electron chi connectivity index (χ0n) is 15.7. The van der Waals surface area contributed by atoms with E-state index in [1.54, 1.807) is 32.1 Å². The molecule has 0 aliphatic rings. The van der Waals surface area contributed by atoms with Gasteiger partial charge in [-0.25, -0.2) is 0 Å². The predicted molar refractivity (Wildman–Crippen MR) is 118 cm³/mol. The van der Waals surface area contributed by atoms with Crippen LogP contribution in [0.1, 0.15) is 27.0 Å². The van der Waals surface area contributed by atoms with E-state index in [1.807, 2.05) is 42.5 Å². The molecule has 0 atom stereocenters. The second kappa shape index (κ2) is 11.2. The standard InChI is InChI=1S/C20H23N5O.HI/c1-22-20(24-14-17-6-4-5-16(11-17)12-21)23-13-15-7-9-18(10-8-15)19(26)25(2)3;/h4-11H,13-14H2,1-3H3,(H2,22,23,24);1H. The largest absolute Gasteiger partial charge is 0.352 e. The number of aliphatic imine (C=N–C) groups is 1. The van der Waals surface area contributed by atoms with Gasteiger partial charge in [-0.15, -0.1) is 24.0 Å². The smallest absolute Gasteiger partial charge is 0.253 e. The van der Waals surface area contributed by atoms with E-state index < -0.39 is 0 Å². The molecule has 7 heteroatoms. The lowest BCUT2D eigenvalue weighted by molar-refractivity contribution is 0.0827. The van der Waals surface area contributed by atoms with Crippen molar-refractivity contribution in [1.29, 1.82) is 5.26 Å². The maximum Gasteiger partial charge on any atom is 0.253 e. The van der Waals surface area contributed by atoms with E-state index in [-0.39, 0.29) is 29.9 Å². The summed E-state index contributed by atoms with van der Waals surface area (Å²) in [5, 5.41) is 15.4. The van der Waals surface area contributed by atoms with Gasteiger partial charge in [0.2, 0.25) is 0 Å². The Morgan fingerprint density at radius 3 is 2.26 bits per heavy atom. The highest BCUT2D eigenvalue weighted by Gasteiger charge is 2.07. The van der Waals surface area contributed by atoms with Gasteiger partial charge in [0.25, 0.3) is 5.91 Å². The lowest BCUT2D eigenvalue weighted by Gasteiger charge is -2.13. The third-order valence-electron chi connectivity index (χ3n) is 3.81. The van der Waals surface area contributed by atoms with Crippen LogP contribution < -0.4 is 10.6 Å². The Morgan fingerprint density at radius 1 is 1.07 bits per heavy atom. The Hall–Kier alpha value is -2.60. The number of guanidine groups is 1. The molecule has 0 radical (unpaired) electrons. The van der Waals surface area contributed by atoms with Gasteiger partial charge in [0, 0.05) is 39.8 Å². The maximum atomic E-state index is 11.9. The normalized spacial score (nSPS) is 10.4. The third-order valence-corrected chi connectivity index (χ3v) is 3.81. The van der Waals surface area contributed by atoms with Crippen LogP contribution in [0.25, 0.3) is 0 Å². The first kappa shape index (κ1) is 22.4. The average molecular weight is 477 g/mol. The van der Waals surface area contributed by atoms with Gasteiger partial charge in [-0.2, -0.15) is 5.26 Å². The van der Waals surface area contributed by atoms with E-state index in [9.17, 15) is 4.79 Å². The number of nitriles is 1. The predicted octanol–water partition coefficient (Wildman–Crippen LogP) is 2.74. The molecule has 2 rings (SSSR count). The summed E-state index contributed by atoms with van der Waals surface area (Å²) in [4.78, 5) is 17.6. The van der Waals surface area contributed by atoms with E-state index >= 15 is 0 Å². The Balaban J connectivity index is 0.00000364. The summed E-state index contributed by atoms with van der Waals surface area (Å²) in [5.74, 6) is 0.655. The summed E-state index contributed by atoms with van der Waals surface area (Å²) in [5.41, 5.74) is 3.37. The molecule has 27 heavy (non-hydrogen) atoms. The molecule has 0 saturated carbocycles. The van der Waals surface area contributed by atoms with Crippen LogP contribution in [0.5, 0.6) is 0 Å². The van der Waals surface area contributed by atoms with E-state index in [2.05, 4.69) is 21.7 Å². The van der Waals surface area contributed by atoms with Crippen LogP contribution >= 0.6 is 24.0 Å². The summed E-state index contributed by atoms with van der Waals surface area (Å²) in [7, 11) is 5.18. The van der Waals surface area contributed by atoms with Crippen molar-refractivity contribution in [2.24, 2.45) is 4.99 Å². The number of amides is 1. The second-order valence-electron chi connectivity index (χ2n) is 5.99. The van der Waals surface area contributed by atoms with Crippen LogP contribution in [0, 0.1) is 11.3 Å². The van der Waals surface area contributed by atoms with Crippen LogP contribution in [-0.2, 0) is 13.1 Å². The van der Waals surface area contributed by atoms with E-state index in [4.69, 9.17) is 5.26 Å². The van der Waals surface area contributed by atoms with Crippen LogP contribution in [0.2, 0.25) is 0 Å². The minimum atomic E-state index is -0.0124. The summed E-state index contributed by atoms with van der Waals surface area (Å²) in [6.45, 7) is 1.17. The second-order valence-corrected chi connectivity index (χ2v) is 5.99. The fourth-order valence-electron chi connectivity index (χ4n) is 2.37. The lowest BCUT2D eigenvalue weighted by Crippen LogP contribution is -2.36. The SMILES string of the molecule is CN=C(NCc1ccc(C(=O)N(C)C)cc1)NCc1cccc(C#N)c1.I. The average Bonchev–Trinajstić information content (AvgIpc) is 2.68. The zero-order chi connectivity index (χ0) is 18.9. The van der Waals surface area contributed by atoms with Crippen molar-refractivity contribution in [3.05, 3.63) is 70.8 Å². The fourth-order valence-corrected chi connectivity index (χ4v) is 2.37. The first-order chi connectivity index (χ1) is 12.5. The van der Waals surface area contributed by atoms with Crippen LogP contribution in [-0.4, -0.2) is 37.9 Å². The molecule has 0 bridgehead atoms. The first-order valence-corrected chi connectivity index (χ1v) is 8.27. The molecule has 6 nitrogen and oxygen atoms in total. The Labute approximate surface area is 177 Å². The van der Waals surface area contributed by atoms with Gasteiger partial charge in [0.05, 0.1) is 11.6 Å². The monoisotopic (exact) mass is 477 g/mol. The molecular formula is C20H24IN5O. The molecule has 1 amide bonds. The molecular weight excluding hydrogens is 453 g/mol. The van der Waals surface area contributed by atoms with E-state index in [0.29, 0.717) is 30.2 Å². The minimum Gasteiger partial charge on any atom is -0.352 e. The molecule has 0 spiro atoms. The van der Waals surface area contributed by atoms with Crippen LogP contribution in [0.3, 0.4) is 0 Å². The molecule has 0 fully saturated rings. The lowest BCUT2D eigenvalue weighted by atomic mass is 10.1.